The summed E-state index contributed by atoms with van der Waals surface area (Å²) >= 11 is 0. The molecule has 1 aliphatic rings. The van der Waals surface area contributed by atoms with Crippen molar-refractivity contribution in [3.63, 3.8) is 0 Å². The molecule has 1 amide bonds. The molecule has 0 bridgehead atoms. The Bertz CT molecular complexity index is 1390. The number of fused-ring (bicyclic) bond motifs is 1. The Morgan fingerprint density at radius 2 is 1.89 bits per heavy atom. The molecule has 4 N–H and O–H groups in total. The SMILES string of the molecule is O=C(OCC1CN(c2ccc3cc(-c4ccccc4C(F)(F)F)[nH]c(=O)c3c2)C(=O)O1)C(CO)C(O)O. The normalized spacial score (nSPS) is 16.8. The van der Waals surface area contributed by atoms with E-state index in [-0.39, 0.29) is 28.9 Å². The fraction of sp³-hybridized carbons (Fsp3) is 0.292. The number of alkyl halides is 3. The molecule has 2 aromatic carbocycles. The summed E-state index contributed by atoms with van der Waals surface area (Å²) in [6.45, 7) is -1.35. The first-order chi connectivity index (χ1) is 17.5. The zero-order chi connectivity index (χ0) is 26.9. The van der Waals surface area contributed by atoms with Gasteiger partial charge in [-0.25, -0.2) is 4.79 Å². The standard InChI is InChI=1S/C24H21F3N2O8/c25-24(26,27)18-4-2-1-3-15(18)19-7-12-5-6-13(8-16(12)20(31)28-19)29-9-14(37-23(29)35)11-36-22(34)17(10-30)21(32)33/h1-8,14,17,21,30,32-33H,9-11H2,(H,28,31). The van der Waals surface area contributed by atoms with Gasteiger partial charge in [0.2, 0.25) is 0 Å². The largest absolute Gasteiger partial charge is 0.461 e. The van der Waals surface area contributed by atoms with Gasteiger partial charge in [-0.2, -0.15) is 13.2 Å². The van der Waals surface area contributed by atoms with Crippen molar-refractivity contribution in [2.24, 2.45) is 5.92 Å². The molecule has 2 unspecified atom stereocenters. The average molecular weight is 522 g/mol. The van der Waals surface area contributed by atoms with Gasteiger partial charge in [0, 0.05) is 22.3 Å². The number of carbonyl (C=O) groups excluding carboxylic acids is 2. The minimum Gasteiger partial charge on any atom is -0.461 e. The molecule has 1 aromatic heterocycles. The second-order valence-corrected chi connectivity index (χ2v) is 8.28. The van der Waals surface area contributed by atoms with Crippen LogP contribution in [-0.2, 0) is 20.4 Å². The van der Waals surface area contributed by atoms with E-state index in [1.807, 2.05) is 0 Å². The van der Waals surface area contributed by atoms with Gasteiger partial charge >= 0.3 is 18.2 Å². The number of ether oxygens (including phenoxy) is 2. The quantitative estimate of drug-likeness (QED) is 0.272. The van der Waals surface area contributed by atoms with Gasteiger partial charge in [0.25, 0.3) is 5.56 Å². The number of H-pyrrole nitrogens is 1. The van der Waals surface area contributed by atoms with Crippen LogP contribution in [0.3, 0.4) is 0 Å². The van der Waals surface area contributed by atoms with Gasteiger partial charge in [-0.15, -0.1) is 0 Å². The lowest BCUT2D eigenvalue weighted by molar-refractivity contribution is -0.170. The lowest BCUT2D eigenvalue weighted by Crippen LogP contribution is -2.34. The molecular formula is C24H21F3N2O8. The van der Waals surface area contributed by atoms with Gasteiger partial charge in [-0.3, -0.25) is 14.5 Å². The summed E-state index contributed by atoms with van der Waals surface area (Å²) in [7, 11) is 0. The molecule has 0 spiro atoms. The Balaban J connectivity index is 1.55. The fourth-order valence-corrected chi connectivity index (χ4v) is 3.92. The third-order valence-corrected chi connectivity index (χ3v) is 5.81. The van der Waals surface area contributed by atoms with Crippen LogP contribution in [0, 0.1) is 5.92 Å². The van der Waals surface area contributed by atoms with Crippen LogP contribution in [0.5, 0.6) is 0 Å². The number of aliphatic hydroxyl groups is 3. The molecule has 37 heavy (non-hydrogen) atoms. The molecule has 1 fully saturated rings. The lowest BCUT2D eigenvalue weighted by Gasteiger charge is -2.17. The first-order valence-corrected chi connectivity index (χ1v) is 10.9. The van der Waals surface area contributed by atoms with Crippen molar-refractivity contribution in [3.8, 4) is 11.3 Å². The monoisotopic (exact) mass is 522 g/mol. The minimum atomic E-state index is -4.62. The van der Waals surface area contributed by atoms with Gasteiger partial charge in [0.1, 0.15) is 12.5 Å². The maximum absolute atomic E-state index is 13.4. The molecule has 4 rings (SSSR count). The summed E-state index contributed by atoms with van der Waals surface area (Å²) in [5.41, 5.74) is -1.50. The second kappa shape index (κ2) is 10.2. The number of carbonyl (C=O) groups is 2. The zero-order valence-electron chi connectivity index (χ0n) is 18.9. The van der Waals surface area contributed by atoms with Crippen LogP contribution in [0.1, 0.15) is 5.56 Å². The molecule has 0 radical (unpaired) electrons. The van der Waals surface area contributed by atoms with Crippen LogP contribution in [-0.4, -0.2) is 64.5 Å². The third kappa shape index (κ3) is 5.43. The average Bonchev–Trinajstić information content (AvgIpc) is 3.22. The van der Waals surface area contributed by atoms with Crippen molar-refractivity contribution in [2.75, 3.05) is 24.7 Å². The maximum Gasteiger partial charge on any atom is 0.417 e. The molecule has 2 atom stereocenters. The Morgan fingerprint density at radius 1 is 1.16 bits per heavy atom. The van der Waals surface area contributed by atoms with Crippen LogP contribution in [0.4, 0.5) is 23.7 Å². The number of benzene rings is 2. The van der Waals surface area contributed by atoms with Crippen LogP contribution < -0.4 is 10.5 Å². The predicted molar refractivity (Wildman–Crippen MR) is 122 cm³/mol. The number of hydrogen-bond donors (Lipinski definition) is 4. The summed E-state index contributed by atoms with van der Waals surface area (Å²) in [6.07, 6.45) is -8.46. The van der Waals surface area contributed by atoms with E-state index in [1.165, 1.54) is 47.4 Å². The number of amides is 1. The van der Waals surface area contributed by atoms with E-state index >= 15 is 0 Å². The van der Waals surface area contributed by atoms with Crippen LogP contribution in [0.25, 0.3) is 22.0 Å². The van der Waals surface area contributed by atoms with Gasteiger partial charge in [-0.05, 0) is 29.7 Å². The zero-order valence-corrected chi connectivity index (χ0v) is 18.9. The first-order valence-electron chi connectivity index (χ1n) is 10.9. The van der Waals surface area contributed by atoms with Gasteiger partial charge in [0.05, 0.1) is 18.7 Å². The number of aromatic nitrogens is 1. The van der Waals surface area contributed by atoms with Crippen molar-refractivity contribution in [2.45, 2.75) is 18.6 Å². The van der Waals surface area contributed by atoms with Gasteiger partial charge in [-0.1, -0.05) is 24.3 Å². The highest BCUT2D eigenvalue weighted by Crippen LogP contribution is 2.36. The van der Waals surface area contributed by atoms with Crippen molar-refractivity contribution in [1.82, 2.24) is 4.98 Å². The van der Waals surface area contributed by atoms with Crippen LogP contribution in [0.15, 0.2) is 53.3 Å². The number of anilines is 1. The number of nitrogens with zero attached hydrogens (tertiary/aromatic N) is 1. The maximum atomic E-state index is 13.4. The topological polar surface area (TPSA) is 149 Å². The lowest BCUT2D eigenvalue weighted by atomic mass is 10.0. The molecule has 2 heterocycles. The number of aromatic amines is 1. The van der Waals surface area contributed by atoms with E-state index < -0.39 is 60.9 Å². The van der Waals surface area contributed by atoms with Crippen LogP contribution in [0.2, 0.25) is 0 Å². The summed E-state index contributed by atoms with van der Waals surface area (Å²) in [4.78, 5) is 40.6. The van der Waals surface area contributed by atoms with Crippen LogP contribution >= 0.6 is 0 Å². The molecule has 10 nitrogen and oxygen atoms in total. The van der Waals surface area contributed by atoms with Crippen molar-refractivity contribution >= 4 is 28.5 Å². The molecule has 13 heteroatoms. The van der Waals surface area contributed by atoms with E-state index in [9.17, 15) is 27.6 Å². The van der Waals surface area contributed by atoms with Crippen molar-refractivity contribution in [3.05, 3.63) is 64.4 Å². The molecule has 1 aliphatic heterocycles. The number of hydrogen-bond acceptors (Lipinski definition) is 8. The number of aliphatic hydroxyl groups excluding tert-OH is 2. The Hall–Kier alpha value is -3.94. The van der Waals surface area contributed by atoms with E-state index in [0.29, 0.717) is 5.39 Å². The van der Waals surface area contributed by atoms with Gasteiger partial charge in [0.15, 0.2) is 12.4 Å². The Morgan fingerprint density at radius 3 is 2.57 bits per heavy atom. The van der Waals surface area contributed by atoms with E-state index in [4.69, 9.17) is 24.8 Å². The number of rotatable bonds is 7. The molecule has 1 saturated heterocycles. The Labute approximate surface area is 206 Å². The van der Waals surface area contributed by atoms with Gasteiger partial charge < -0.3 is 29.8 Å². The van der Waals surface area contributed by atoms with E-state index in [0.717, 1.165) is 6.07 Å². The fourth-order valence-electron chi connectivity index (χ4n) is 3.92. The predicted octanol–water partition coefficient (Wildman–Crippen LogP) is 2.00. The molecule has 196 valence electrons. The van der Waals surface area contributed by atoms with Crippen molar-refractivity contribution < 1.29 is 47.6 Å². The summed E-state index contributed by atoms with van der Waals surface area (Å²) in [6, 6.07) is 10.6. The molecule has 3 aromatic rings. The van der Waals surface area contributed by atoms with Crippen molar-refractivity contribution in [1.29, 1.82) is 0 Å². The summed E-state index contributed by atoms with van der Waals surface area (Å²) in [5.74, 6) is -2.67. The summed E-state index contributed by atoms with van der Waals surface area (Å²) < 4.78 is 50.3. The Kier molecular flexibility index (Phi) is 7.21. The highest BCUT2D eigenvalue weighted by molar-refractivity contribution is 5.94. The smallest absolute Gasteiger partial charge is 0.417 e. The van der Waals surface area contributed by atoms with E-state index in [2.05, 4.69) is 4.98 Å². The highest BCUT2D eigenvalue weighted by Gasteiger charge is 2.35. The number of halogens is 3. The molecule has 0 aliphatic carbocycles. The number of cyclic esters (lactones) is 1. The van der Waals surface area contributed by atoms with E-state index in [1.54, 1.807) is 0 Å². The first kappa shape index (κ1) is 26.1. The number of esters is 1. The second-order valence-electron chi connectivity index (χ2n) is 8.28. The molecular weight excluding hydrogens is 501 g/mol. The highest BCUT2D eigenvalue weighted by atomic mass is 19.4. The third-order valence-electron chi connectivity index (χ3n) is 5.81. The number of nitrogens with one attached hydrogen (secondary N) is 1. The molecule has 0 saturated carbocycles. The summed E-state index contributed by atoms with van der Waals surface area (Å²) in [5, 5.41) is 27.6. The minimum absolute atomic E-state index is 0.0187. The number of pyridine rings is 1.